The number of ether oxygens (including phenoxy) is 1. The third-order valence-electron chi connectivity index (χ3n) is 4.11. The average Bonchev–Trinajstić information content (AvgIpc) is 2.97. The molecular formula is C18H23N3O3. The summed E-state index contributed by atoms with van der Waals surface area (Å²) >= 11 is 0. The van der Waals surface area contributed by atoms with Gasteiger partial charge in [-0.05, 0) is 37.1 Å². The second-order valence-corrected chi connectivity index (χ2v) is 5.97. The Morgan fingerprint density at radius 2 is 2.04 bits per heavy atom. The minimum absolute atomic E-state index is 0.158. The Bertz CT molecular complexity index is 663. The van der Waals surface area contributed by atoms with Crippen molar-refractivity contribution in [2.24, 2.45) is 0 Å². The van der Waals surface area contributed by atoms with Gasteiger partial charge in [0, 0.05) is 37.6 Å². The van der Waals surface area contributed by atoms with Crippen LogP contribution in [-0.2, 0) is 17.7 Å². The summed E-state index contributed by atoms with van der Waals surface area (Å²) < 4.78 is 11.1. The number of aromatic nitrogens is 1. The highest BCUT2D eigenvalue weighted by Crippen LogP contribution is 2.17. The van der Waals surface area contributed by atoms with Gasteiger partial charge in [-0.15, -0.1) is 0 Å². The number of pyridine rings is 1. The van der Waals surface area contributed by atoms with Crippen LogP contribution in [0.3, 0.4) is 0 Å². The highest BCUT2D eigenvalue weighted by Gasteiger charge is 2.18. The van der Waals surface area contributed by atoms with Crippen LogP contribution in [-0.4, -0.2) is 48.6 Å². The fraction of sp³-hybridized carbons (Fsp3) is 0.444. The fourth-order valence-corrected chi connectivity index (χ4v) is 2.78. The Balaban J connectivity index is 1.52. The first-order valence-electron chi connectivity index (χ1n) is 8.29. The lowest BCUT2D eigenvalue weighted by Crippen LogP contribution is -2.35. The summed E-state index contributed by atoms with van der Waals surface area (Å²) in [5.41, 5.74) is 2.02. The minimum atomic E-state index is -0.158. The van der Waals surface area contributed by atoms with E-state index in [0.29, 0.717) is 18.8 Å². The topological polar surface area (TPSA) is 67.6 Å². The monoisotopic (exact) mass is 329 g/mol. The predicted octanol–water partition coefficient (Wildman–Crippen LogP) is 1.79. The smallest absolute Gasteiger partial charge is 0.287 e. The van der Waals surface area contributed by atoms with Crippen LogP contribution in [0.15, 0.2) is 35.0 Å². The first-order chi connectivity index (χ1) is 11.7. The second kappa shape index (κ2) is 8.08. The first kappa shape index (κ1) is 16.7. The summed E-state index contributed by atoms with van der Waals surface area (Å²) in [5, 5.41) is 2.92. The van der Waals surface area contributed by atoms with Crippen LogP contribution >= 0.6 is 0 Å². The lowest BCUT2D eigenvalue weighted by molar-refractivity contribution is 0.0311. The van der Waals surface area contributed by atoms with Gasteiger partial charge in [0.05, 0.1) is 19.8 Å². The highest BCUT2D eigenvalue weighted by molar-refractivity contribution is 5.92. The van der Waals surface area contributed by atoms with Crippen molar-refractivity contribution in [1.29, 1.82) is 0 Å². The molecule has 1 aliphatic heterocycles. The van der Waals surface area contributed by atoms with Crippen molar-refractivity contribution >= 4 is 5.91 Å². The fourth-order valence-electron chi connectivity index (χ4n) is 2.78. The van der Waals surface area contributed by atoms with Crippen molar-refractivity contribution < 1.29 is 13.9 Å². The van der Waals surface area contributed by atoms with E-state index in [1.54, 1.807) is 12.4 Å². The zero-order valence-corrected chi connectivity index (χ0v) is 14.0. The molecule has 0 bridgehead atoms. The van der Waals surface area contributed by atoms with E-state index < -0.39 is 0 Å². The Morgan fingerprint density at radius 3 is 2.79 bits per heavy atom. The first-order valence-corrected chi connectivity index (χ1v) is 8.29. The molecule has 128 valence electrons. The number of nitrogens with one attached hydrogen (secondary N) is 1. The van der Waals surface area contributed by atoms with Crippen molar-refractivity contribution in [3.63, 3.8) is 0 Å². The summed E-state index contributed by atoms with van der Waals surface area (Å²) in [5.74, 6) is 1.08. The lowest BCUT2D eigenvalue weighted by Gasteiger charge is -2.25. The quantitative estimate of drug-likeness (QED) is 0.875. The van der Waals surface area contributed by atoms with Gasteiger partial charge >= 0.3 is 0 Å². The van der Waals surface area contributed by atoms with Gasteiger partial charge < -0.3 is 14.5 Å². The lowest BCUT2D eigenvalue weighted by atomic mass is 10.2. The number of hydrogen-bond donors (Lipinski definition) is 1. The SMILES string of the molecule is Cc1cc(CN2CCOCC2)oc1C(=O)NCCc1ccncc1. The number of amides is 1. The van der Waals surface area contributed by atoms with E-state index in [2.05, 4.69) is 15.2 Å². The van der Waals surface area contributed by atoms with Crippen LogP contribution in [0.2, 0.25) is 0 Å². The molecule has 0 saturated carbocycles. The number of carbonyl (C=O) groups is 1. The van der Waals surface area contributed by atoms with Gasteiger partial charge in [0.2, 0.25) is 0 Å². The summed E-state index contributed by atoms with van der Waals surface area (Å²) in [4.78, 5) is 18.6. The summed E-state index contributed by atoms with van der Waals surface area (Å²) in [7, 11) is 0. The van der Waals surface area contributed by atoms with Gasteiger partial charge in [-0.1, -0.05) is 0 Å². The zero-order valence-electron chi connectivity index (χ0n) is 14.0. The molecule has 0 radical (unpaired) electrons. The third-order valence-corrected chi connectivity index (χ3v) is 4.11. The van der Waals surface area contributed by atoms with E-state index in [4.69, 9.17) is 9.15 Å². The van der Waals surface area contributed by atoms with Crippen LogP contribution in [0, 0.1) is 6.92 Å². The third kappa shape index (κ3) is 4.43. The van der Waals surface area contributed by atoms with Crippen molar-refractivity contribution in [3.8, 4) is 0 Å². The van der Waals surface area contributed by atoms with E-state index in [1.165, 1.54) is 0 Å². The largest absolute Gasteiger partial charge is 0.454 e. The van der Waals surface area contributed by atoms with Crippen LogP contribution < -0.4 is 5.32 Å². The average molecular weight is 329 g/mol. The molecule has 24 heavy (non-hydrogen) atoms. The number of carbonyl (C=O) groups excluding carboxylic acids is 1. The van der Waals surface area contributed by atoms with Crippen molar-refractivity contribution in [3.05, 3.63) is 53.2 Å². The van der Waals surface area contributed by atoms with E-state index in [0.717, 1.165) is 49.6 Å². The molecule has 1 amide bonds. The molecule has 0 aromatic carbocycles. The van der Waals surface area contributed by atoms with Gasteiger partial charge in [-0.25, -0.2) is 0 Å². The van der Waals surface area contributed by atoms with Gasteiger partial charge in [0.1, 0.15) is 5.76 Å². The number of nitrogens with zero attached hydrogens (tertiary/aromatic N) is 2. The van der Waals surface area contributed by atoms with E-state index in [1.807, 2.05) is 25.1 Å². The molecule has 3 rings (SSSR count). The Morgan fingerprint density at radius 1 is 1.29 bits per heavy atom. The normalized spacial score (nSPS) is 15.4. The number of morpholine rings is 1. The molecule has 0 atom stereocenters. The van der Waals surface area contributed by atoms with Crippen molar-refractivity contribution in [1.82, 2.24) is 15.2 Å². The molecule has 2 aromatic rings. The highest BCUT2D eigenvalue weighted by atomic mass is 16.5. The van der Waals surface area contributed by atoms with E-state index in [9.17, 15) is 4.79 Å². The van der Waals surface area contributed by atoms with Crippen molar-refractivity contribution in [2.75, 3.05) is 32.8 Å². The maximum Gasteiger partial charge on any atom is 0.287 e. The number of hydrogen-bond acceptors (Lipinski definition) is 5. The molecule has 1 fully saturated rings. The molecule has 3 heterocycles. The summed E-state index contributed by atoms with van der Waals surface area (Å²) in [6.45, 7) is 6.49. The molecule has 2 aromatic heterocycles. The molecule has 0 unspecified atom stereocenters. The van der Waals surface area contributed by atoms with Crippen LogP contribution in [0.1, 0.15) is 27.4 Å². The summed E-state index contributed by atoms with van der Waals surface area (Å²) in [6.07, 6.45) is 4.28. The van der Waals surface area contributed by atoms with Gasteiger partial charge in [-0.3, -0.25) is 14.7 Å². The summed E-state index contributed by atoms with van der Waals surface area (Å²) in [6, 6.07) is 5.85. The Labute approximate surface area is 141 Å². The van der Waals surface area contributed by atoms with E-state index in [-0.39, 0.29) is 5.91 Å². The molecule has 6 heteroatoms. The van der Waals surface area contributed by atoms with Gasteiger partial charge in [-0.2, -0.15) is 0 Å². The minimum Gasteiger partial charge on any atom is -0.454 e. The maximum absolute atomic E-state index is 12.3. The Hall–Kier alpha value is -2.18. The molecule has 1 aliphatic rings. The Kier molecular flexibility index (Phi) is 5.61. The molecule has 6 nitrogen and oxygen atoms in total. The standard InChI is InChI=1S/C18H23N3O3/c1-14-12-16(13-21-8-10-23-11-9-21)24-17(14)18(22)20-7-4-15-2-5-19-6-3-15/h2-3,5-6,12H,4,7-11,13H2,1H3,(H,20,22). The molecule has 1 saturated heterocycles. The van der Waals surface area contributed by atoms with Crippen LogP contribution in [0.5, 0.6) is 0 Å². The second-order valence-electron chi connectivity index (χ2n) is 5.97. The predicted molar refractivity (Wildman–Crippen MR) is 89.8 cm³/mol. The van der Waals surface area contributed by atoms with Gasteiger partial charge in [0.15, 0.2) is 5.76 Å². The molecule has 0 spiro atoms. The molecule has 0 aliphatic carbocycles. The molecular weight excluding hydrogens is 306 g/mol. The van der Waals surface area contributed by atoms with Crippen LogP contribution in [0.25, 0.3) is 0 Å². The van der Waals surface area contributed by atoms with Crippen LogP contribution in [0.4, 0.5) is 0 Å². The molecule has 1 N–H and O–H groups in total. The van der Waals surface area contributed by atoms with Crippen molar-refractivity contribution in [2.45, 2.75) is 19.9 Å². The maximum atomic E-state index is 12.3. The number of rotatable bonds is 6. The van der Waals surface area contributed by atoms with Gasteiger partial charge in [0.25, 0.3) is 5.91 Å². The number of furan rings is 1. The number of aryl methyl sites for hydroxylation is 1. The zero-order chi connectivity index (χ0) is 16.8. The van der Waals surface area contributed by atoms with E-state index >= 15 is 0 Å².